The lowest BCUT2D eigenvalue weighted by Crippen LogP contribution is -2.22. The Bertz CT molecular complexity index is 580. The molecule has 0 unspecified atom stereocenters. The van der Waals surface area contributed by atoms with Crippen molar-refractivity contribution < 1.29 is 19.5 Å². The zero-order chi connectivity index (χ0) is 15.2. The third-order valence-corrected chi connectivity index (χ3v) is 6.02. The SMILES string of the molecule is CP(C)(=O)CCc1cccc2c1O[C@H]1C[C@@H](O)[C@H](CO)[C@@H]21. The predicted molar refractivity (Wildman–Crippen MR) is 82.8 cm³/mol. The molecule has 21 heavy (non-hydrogen) atoms. The van der Waals surface area contributed by atoms with Gasteiger partial charge in [-0.1, -0.05) is 18.2 Å². The number of hydrogen-bond acceptors (Lipinski definition) is 4. The molecule has 1 aromatic carbocycles. The Morgan fingerprint density at radius 2 is 2.14 bits per heavy atom. The van der Waals surface area contributed by atoms with Gasteiger partial charge < -0.3 is 19.5 Å². The van der Waals surface area contributed by atoms with E-state index < -0.39 is 13.2 Å². The first-order valence-corrected chi connectivity index (χ1v) is 10.3. The molecular formula is C16H23O4P. The summed E-state index contributed by atoms with van der Waals surface area (Å²) in [4.78, 5) is 0. The fourth-order valence-corrected chi connectivity index (χ4v) is 4.39. The number of ether oxygens (including phenoxy) is 1. The zero-order valence-corrected chi connectivity index (χ0v) is 13.4. The topological polar surface area (TPSA) is 66.8 Å². The number of hydrogen-bond donors (Lipinski definition) is 2. The molecule has 0 amide bonds. The minimum Gasteiger partial charge on any atom is -0.489 e. The minimum atomic E-state index is -2.04. The molecule has 0 radical (unpaired) electrons. The Balaban J connectivity index is 1.89. The van der Waals surface area contributed by atoms with Crippen molar-refractivity contribution in [1.82, 2.24) is 0 Å². The summed E-state index contributed by atoms with van der Waals surface area (Å²) in [6, 6.07) is 6.05. The number of fused-ring (bicyclic) bond motifs is 3. The van der Waals surface area contributed by atoms with Crippen LogP contribution in [-0.4, -0.2) is 48.5 Å². The van der Waals surface area contributed by atoms with Gasteiger partial charge in [0.2, 0.25) is 0 Å². The maximum Gasteiger partial charge on any atom is 0.126 e. The van der Waals surface area contributed by atoms with Crippen molar-refractivity contribution >= 4 is 7.14 Å². The van der Waals surface area contributed by atoms with Crippen LogP contribution in [0.4, 0.5) is 0 Å². The number of aryl methyl sites for hydroxylation is 1. The number of aliphatic hydroxyl groups excluding tert-OH is 2. The summed E-state index contributed by atoms with van der Waals surface area (Å²) in [5, 5.41) is 19.6. The van der Waals surface area contributed by atoms with Crippen LogP contribution in [0.15, 0.2) is 18.2 Å². The van der Waals surface area contributed by atoms with E-state index in [0.717, 1.165) is 23.3 Å². The molecule has 1 heterocycles. The van der Waals surface area contributed by atoms with Gasteiger partial charge in [0.05, 0.1) is 13.2 Å². The Morgan fingerprint density at radius 3 is 2.81 bits per heavy atom. The molecule has 0 saturated heterocycles. The smallest absolute Gasteiger partial charge is 0.126 e. The molecule has 4 atom stereocenters. The number of para-hydroxylation sites is 1. The second kappa shape index (κ2) is 5.42. The number of aliphatic hydroxyl groups is 2. The van der Waals surface area contributed by atoms with E-state index in [-0.39, 0.29) is 24.5 Å². The lowest BCUT2D eigenvalue weighted by Gasteiger charge is -2.18. The number of benzene rings is 1. The highest BCUT2D eigenvalue weighted by molar-refractivity contribution is 7.62. The van der Waals surface area contributed by atoms with Crippen LogP contribution >= 0.6 is 7.14 Å². The first-order valence-electron chi connectivity index (χ1n) is 7.52. The fourth-order valence-electron chi connectivity index (χ4n) is 3.61. The van der Waals surface area contributed by atoms with Crippen LogP contribution in [0, 0.1) is 5.92 Å². The Morgan fingerprint density at radius 1 is 1.38 bits per heavy atom. The van der Waals surface area contributed by atoms with Crippen molar-refractivity contribution in [2.75, 3.05) is 26.1 Å². The maximum absolute atomic E-state index is 11.9. The highest BCUT2D eigenvalue weighted by atomic mass is 31.2. The zero-order valence-electron chi connectivity index (χ0n) is 12.5. The lowest BCUT2D eigenvalue weighted by molar-refractivity contribution is 0.0832. The van der Waals surface area contributed by atoms with E-state index in [2.05, 4.69) is 0 Å². The van der Waals surface area contributed by atoms with Crippen molar-refractivity contribution in [3.8, 4) is 5.75 Å². The molecule has 4 nitrogen and oxygen atoms in total. The van der Waals surface area contributed by atoms with E-state index in [9.17, 15) is 14.8 Å². The average molecular weight is 310 g/mol. The largest absolute Gasteiger partial charge is 0.489 e. The Kier molecular flexibility index (Phi) is 3.89. The number of rotatable bonds is 4. The molecule has 0 aromatic heterocycles. The molecule has 3 rings (SSSR count). The summed E-state index contributed by atoms with van der Waals surface area (Å²) < 4.78 is 18.0. The summed E-state index contributed by atoms with van der Waals surface area (Å²) in [6.45, 7) is 3.60. The van der Waals surface area contributed by atoms with Gasteiger partial charge in [0.25, 0.3) is 0 Å². The highest BCUT2D eigenvalue weighted by Gasteiger charge is 2.49. The fraction of sp³-hybridized carbons (Fsp3) is 0.625. The van der Waals surface area contributed by atoms with Gasteiger partial charge in [0.15, 0.2) is 0 Å². The van der Waals surface area contributed by atoms with Crippen LogP contribution in [0.3, 0.4) is 0 Å². The first-order chi connectivity index (χ1) is 9.90. The molecule has 1 fully saturated rings. The second-order valence-electron chi connectivity index (χ2n) is 6.71. The van der Waals surface area contributed by atoms with Gasteiger partial charge in [-0.05, 0) is 25.3 Å². The Labute approximate surface area is 125 Å². The summed E-state index contributed by atoms with van der Waals surface area (Å²) >= 11 is 0. The van der Waals surface area contributed by atoms with Gasteiger partial charge in [0, 0.05) is 36.6 Å². The third-order valence-electron chi connectivity index (χ3n) is 4.72. The van der Waals surface area contributed by atoms with Crippen molar-refractivity contribution in [2.45, 2.75) is 31.0 Å². The van der Waals surface area contributed by atoms with E-state index in [1.807, 2.05) is 31.5 Å². The van der Waals surface area contributed by atoms with Crippen LogP contribution in [-0.2, 0) is 11.0 Å². The summed E-state index contributed by atoms with van der Waals surface area (Å²) in [7, 11) is -2.04. The van der Waals surface area contributed by atoms with Crippen LogP contribution in [0.5, 0.6) is 5.75 Å². The van der Waals surface area contributed by atoms with Crippen LogP contribution in [0.2, 0.25) is 0 Å². The van der Waals surface area contributed by atoms with E-state index in [1.165, 1.54) is 0 Å². The van der Waals surface area contributed by atoms with Gasteiger partial charge in [-0.2, -0.15) is 0 Å². The molecule has 2 aliphatic rings. The molecule has 1 aromatic rings. The van der Waals surface area contributed by atoms with Crippen molar-refractivity contribution in [2.24, 2.45) is 5.92 Å². The normalized spacial score (nSPS) is 30.9. The summed E-state index contributed by atoms with van der Waals surface area (Å²) in [5.41, 5.74) is 2.19. The van der Waals surface area contributed by atoms with Gasteiger partial charge in [-0.25, -0.2) is 0 Å². The van der Waals surface area contributed by atoms with Gasteiger partial charge in [-0.3, -0.25) is 0 Å². The molecule has 0 spiro atoms. The molecule has 2 N–H and O–H groups in total. The first kappa shape index (κ1) is 15.1. The third kappa shape index (κ3) is 2.77. The van der Waals surface area contributed by atoms with Crippen molar-refractivity contribution in [3.63, 3.8) is 0 Å². The summed E-state index contributed by atoms with van der Waals surface area (Å²) in [6.07, 6.45) is 1.47. The molecule has 0 bridgehead atoms. The average Bonchev–Trinajstić information content (AvgIpc) is 2.90. The minimum absolute atomic E-state index is 0.0194. The molecule has 5 heteroatoms. The molecular weight excluding hydrogens is 287 g/mol. The van der Waals surface area contributed by atoms with Crippen molar-refractivity contribution in [3.05, 3.63) is 29.3 Å². The maximum atomic E-state index is 11.9. The van der Waals surface area contributed by atoms with Gasteiger partial charge >= 0.3 is 0 Å². The molecule has 1 aliphatic heterocycles. The van der Waals surface area contributed by atoms with Gasteiger partial charge in [-0.15, -0.1) is 0 Å². The predicted octanol–water partition coefficient (Wildman–Crippen LogP) is 2.07. The van der Waals surface area contributed by atoms with E-state index in [4.69, 9.17) is 4.74 Å². The molecule has 116 valence electrons. The monoisotopic (exact) mass is 310 g/mol. The van der Waals surface area contributed by atoms with Crippen LogP contribution in [0.1, 0.15) is 23.5 Å². The Hall–Kier alpha value is -0.830. The van der Waals surface area contributed by atoms with Crippen molar-refractivity contribution in [1.29, 1.82) is 0 Å². The quantitative estimate of drug-likeness (QED) is 0.836. The standard InChI is InChI=1S/C16H23O4P/c1-21(2,19)7-6-10-4-3-5-11-15-12(9-17)13(18)8-14(15)20-16(10)11/h3-5,12-15,17-18H,6-9H2,1-2H3/t12-,13+,14-,15+/m0/s1. The van der Waals surface area contributed by atoms with Gasteiger partial charge in [0.1, 0.15) is 11.9 Å². The van der Waals surface area contributed by atoms with E-state index >= 15 is 0 Å². The summed E-state index contributed by atoms with van der Waals surface area (Å²) in [5.74, 6) is 0.830. The van der Waals surface area contributed by atoms with Crippen LogP contribution < -0.4 is 4.74 Å². The lowest BCUT2D eigenvalue weighted by atomic mass is 9.87. The molecule has 1 aliphatic carbocycles. The molecule has 1 saturated carbocycles. The van der Waals surface area contributed by atoms with E-state index in [1.54, 1.807) is 0 Å². The second-order valence-corrected chi connectivity index (χ2v) is 10.3. The highest BCUT2D eigenvalue weighted by Crippen LogP contribution is 2.51. The van der Waals surface area contributed by atoms with Crippen LogP contribution in [0.25, 0.3) is 0 Å². The van der Waals surface area contributed by atoms with E-state index in [0.29, 0.717) is 12.6 Å².